The molecule has 3 atom stereocenters. The third-order valence-corrected chi connectivity index (χ3v) is 13.3. The number of ether oxygens (including phenoxy) is 2. The third-order valence-electron chi connectivity index (χ3n) is 13.3. The Morgan fingerprint density at radius 2 is 1.19 bits per heavy atom. The van der Waals surface area contributed by atoms with Crippen molar-refractivity contribution in [1.29, 1.82) is 0 Å². The minimum absolute atomic E-state index is 0.0841. The van der Waals surface area contributed by atoms with E-state index < -0.39 is 18.2 Å². The van der Waals surface area contributed by atoms with Crippen molar-refractivity contribution in [3.63, 3.8) is 0 Å². The van der Waals surface area contributed by atoms with E-state index >= 15 is 0 Å². The van der Waals surface area contributed by atoms with Crippen molar-refractivity contribution >= 4 is 24.0 Å². The van der Waals surface area contributed by atoms with Gasteiger partial charge >= 0.3 is 12.2 Å². The van der Waals surface area contributed by atoms with E-state index in [1.54, 1.807) is 0 Å². The number of hydrogen-bond donors (Lipinski definition) is 4. The van der Waals surface area contributed by atoms with Gasteiger partial charge in [0.2, 0.25) is 11.8 Å². The Morgan fingerprint density at radius 3 is 1.68 bits per heavy atom. The van der Waals surface area contributed by atoms with Crippen LogP contribution in [-0.2, 0) is 19.1 Å². The van der Waals surface area contributed by atoms with Crippen molar-refractivity contribution in [3.05, 3.63) is 60.4 Å². The molecule has 6 heterocycles. The van der Waals surface area contributed by atoms with Crippen molar-refractivity contribution in [1.82, 2.24) is 40.4 Å². The molecule has 4 amide bonds. The van der Waals surface area contributed by atoms with Gasteiger partial charge in [-0.3, -0.25) is 9.59 Å². The largest absolute Gasteiger partial charge is 0.453 e. The molecule has 7 aliphatic rings. The second kappa shape index (κ2) is 14.7. The number of nitrogens with zero attached hydrogens (tertiary/aromatic N) is 4. The van der Waals surface area contributed by atoms with Gasteiger partial charge < -0.3 is 39.9 Å². The molecule has 0 spiro atoms. The number of hydrogen-bond acceptors (Lipinski definition) is 8. The molecule has 298 valence electrons. The molecule has 0 unspecified atom stereocenters. The molecule has 3 aliphatic carbocycles. The van der Waals surface area contributed by atoms with Gasteiger partial charge in [0, 0.05) is 23.2 Å². The molecule has 0 radical (unpaired) electrons. The molecule has 11 rings (SSSR count). The highest BCUT2D eigenvalue weighted by Crippen LogP contribution is 2.51. The first kappa shape index (κ1) is 36.9. The lowest BCUT2D eigenvalue weighted by atomic mass is 9.73. The van der Waals surface area contributed by atoms with E-state index in [1.165, 1.54) is 36.5 Å². The van der Waals surface area contributed by atoms with Gasteiger partial charge in [-0.25, -0.2) is 19.6 Å². The van der Waals surface area contributed by atoms with E-state index in [9.17, 15) is 19.2 Å². The summed E-state index contributed by atoms with van der Waals surface area (Å²) in [7, 11) is 2.60. The van der Waals surface area contributed by atoms with Crippen LogP contribution < -0.4 is 10.6 Å². The minimum Gasteiger partial charge on any atom is -0.453 e. The number of rotatable bonds is 9. The molecule has 4 bridgehead atoms. The van der Waals surface area contributed by atoms with E-state index in [0.717, 1.165) is 85.5 Å². The number of fused-ring (bicyclic) bond motifs is 10. The summed E-state index contributed by atoms with van der Waals surface area (Å²) < 4.78 is 9.53. The van der Waals surface area contributed by atoms with Gasteiger partial charge in [0.05, 0.1) is 50.1 Å². The van der Waals surface area contributed by atoms with Crippen molar-refractivity contribution < 1.29 is 28.7 Å². The van der Waals surface area contributed by atoms with E-state index in [0.29, 0.717) is 11.8 Å². The Bertz CT molecular complexity index is 2210. The predicted octanol–water partition coefficient (Wildman–Crippen LogP) is 6.74. The number of carbonyl (C=O) groups excluding carboxylic acids is 4. The normalized spacial score (nSPS) is 24.6. The number of alkyl carbamates (subject to hydrolysis) is 2. The molecular weight excluding hydrogens is 725 g/mol. The van der Waals surface area contributed by atoms with Crippen LogP contribution in [0.25, 0.3) is 44.8 Å². The van der Waals surface area contributed by atoms with Gasteiger partial charge in [-0.1, -0.05) is 38.1 Å². The summed E-state index contributed by atoms with van der Waals surface area (Å²) in [5, 5.41) is 5.34. The fourth-order valence-corrected chi connectivity index (χ4v) is 10.4. The van der Waals surface area contributed by atoms with Crippen LogP contribution in [0.5, 0.6) is 0 Å². The van der Waals surface area contributed by atoms with Crippen molar-refractivity contribution in [2.45, 2.75) is 95.4 Å². The number of imidazole rings is 2. The monoisotopic (exact) mass is 774 g/mol. The summed E-state index contributed by atoms with van der Waals surface area (Å²) in [5.74, 6) is 1.86. The molecule has 2 aromatic heterocycles. The van der Waals surface area contributed by atoms with Crippen LogP contribution in [0, 0.1) is 17.8 Å². The first-order chi connectivity index (χ1) is 27.6. The van der Waals surface area contributed by atoms with Crippen LogP contribution in [-0.4, -0.2) is 92.6 Å². The zero-order chi connectivity index (χ0) is 39.5. The number of aromatic amines is 2. The number of amides is 4. The predicted molar refractivity (Wildman–Crippen MR) is 211 cm³/mol. The highest BCUT2D eigenvalue weighted by molar-refractivity contribution is 6.04. The molecule has 4 aromatic rings. The van der Waals surface area contributed by atoms with Crippen LogP contribution in [0.3, 0.4) is 0 Å². The van der Waals surface area contributed by atoms with Gasteiger partial charge in [-0.05, 0) is 104 Å². The molecule has 2 aromatic carbocycles. The Labute approximate surface area is 331 Å². The molecule has 14 heteroatoms. The Morgan fingerprint density at radius 1 is 0.702 bits per heavy atom. The SMILES string of the molecule is COC(=O)NCC(=O)N1C2CCC(CC2)[C@H]1c1ncc(-c2ccc3c(c2)-c2ccc(-c4cnc([C@@H]5C6CCC(CC6)N5C(=O)[C@@H](NC(=O)OC)C(C)C)[nH]4)cc2-3)[nH]1. The average Bonchev–Trinajstić information content (AvgIpc) is 3.94. The third kappa shape index (κ3) is 6.42. The average molecular weight is 775 g/mol. The maximum Gasteiger partial charge on any atom is 0.407 e. The van der Waals surface area contributed by atoms with Gasteiger partial charge in [-0.2, -0.15) is 0 Å². The lowest BCUT2D eigenvalue weighted by molar-refractivity contribution is -0.149. The summed E-state index contributed by atoms with van der Waals surface area (Å²) in [6, 6.07) is 12.1. The smallest absolute Gasteiger partial charge is 0.407 e. The maximum absolute atomic E-state index is 14.1. The molecular formula is C43H50N8O6. The van der Waals surface area contributed by atoms with E-state index in [-0.39, 0.29) is 48.4 Å². The second-order valence-corrected chi connectivity index (χ2v) is 16.7. The van der Waals surface area contributed by atoms with E-state index in [2.05, 4.69) is 61.7 Å². The number of carbonyl (C=O) groups is 4. The zero-order valence-electron chi connectivity index (χ0n) is 32.8. The topological polar surface area (TPSA) is 175 Å². The Hall–Kier alpha value is -5.66. The van der Waals surface area contributed by atoms with E-state index in [4.69, 9.17) is 14.7 Å². The van der Waals surface area contributed by atoms with Gasteiger partial charge in [-0.15, -0.1) is 0 Å². The van der Waals surface area contributed by atoms with Gasteiger partial charge in [0.15, 0.2) is 0 Å². The number of nitrogens with one attached hydrogen (secondary N) is 4. The fourth-order valence-electron chi connectivity index (χ4n) is 10.4. The summed E-state index contributed by atoms with van der Waals surface area (Å²) >= 11 is 0. The van der Waals surface area contributed by atoms with Crippen LogP contribution in [0.15, 0.2) is 48.8 Å². The summed E-state index contributed by atoms with van der Waals surface area (Å²) in [5.41, 5.74) is 8.53. The zero-order valence-corrected chi connectivity index (χ0v) is 32.8. The minimum atomic E-state index is -0.686. The molecule has 2 saturated carbocycles. The van der Waals surface area contributed by atoms with Crippen molar-refractivity contribution in [2.24, 2.45) is 17.8 Å². The first-order valence-corrected chi connectivity index (χ1v) is 20.3. The van der Waals surface area contributed by atoms with E-state index in [1.807, 2.05) is 36.0 Å². The molecule has 4 N–H and O–H groups in total. The highest BCUT2D eigenvalue weighted by Gasteiger charge is 2.49. The van der Waals surface area contributed by atoms with Crippen molar-refractivity contribution in [3.8, 4) is 44.8 Å². The number of H-pyrrole nitrogens is 2. The number of piperidine rings is 4. The Balaban J connectivity index is 0.928. The summed E-state index contributed by atoms with van der Waals surface area (Å²) in [6.45, 7) is 3.77. The van der Waals surface area contributed by atoms with Gasteiger partial charge in [0.25, 0.3) is 0 Å². The number of aromatic nitrogens is 4. The van der Waals surface area contributed by atoms with Crippen LogP contribution in [0.1, 0.15) is 88.9 Å². The van der Waals surface area contributed by atoms with Crippen LogP contribution >= 0.6 is 0 Å². The highest BCUT2D eigenvalue weighted by atomic mass is 16.5. The quantitative estimate of drug-likeness (QED) is 0.128. The van der Waals surface area contributed by atoms with Crippen LogP contribution in [0.4, 0.5) is 9.59 Å². The van der Waals surface area contributed by atoms with Crippen LogP contribution in [0.2, 0.25) is 0 Å². The second-order valence-electron chi connectivity index (χ2n) is 16.7. The number of benzene rings is 2. The molecule has 4 saturated heterocycles. The molecule has 57 heavy (non-hydrogen) atoms. The molecule has 6 fully saturated rings. The fraction of sp³-hybridized carbons (Fsp3) is 0.488. The maximum atomic E-state index is 14.1. The lowest BCUT2D eigenvalue weighted by Crippen LogP contribution is -2.59. The van der Waals surface area contributed by atoms with Crippen molar-refractivity contribution in [2.75, 3.05) is 20.8 Å². The molecule has 14 nitrogen and oxygen atoms in total. The van der Waals surface area contributed by atoms with Gasteiger partial charge in [0.1, 0.15) is 24.2 Å². The first-order valence-electron chi connectivity index (χ1n) is 20.3. The number of methoxy groups -OCH3 is 2. The summed E-state index contributed by atoms with van der Waals surface area (Å²) in [6.07, 6.45) is 10.5. The standard InChI is InChI=1S/C43H50N8O6/c1-22(2)36(49-43(55)57-4)41(53)51-28-13-7-24(8-14-28)38(51)40-45-20-34(48-40)26-10-16-30-31-17-25(9-15-29(31)32(30)18-26)33-19-44-39(47-33)37-23-5-11-27(12-6-23)50(37)35(52)21-46-42(54)56-3/h9-10,15-20,22-24,27-28,36-38H,5-8,11-14,21H2,1-4H3,(H,44,47)(H,45,48)(H,46,54)(H,49,55)/t23?,24?,27?,28?,36-,37-,38-/m0/s1. The Kier molecular flexibility index (Phi) is 9.52. The summed E-state index contributed by atoms with van der Waals surface area (Å²) in [4.78, 5) is 72.2. The lowest BCUT2D eigenvalue weighted by Gasteiger charge is -2.51. The molecule has 4 aliphatic heterocycles.